The van der Waals surface area contributed by atoms with Crippen LogP contribution in [0.5, 0.6) is 0 Å². The molecule has 0 amide bonds. The van der Waals surface area contributed by atoms with Crippen molar-refractivity contribution in [3.63, 3.8) is 0 Å². The van der Waals surface area contributed by atoms with Crippen molar-refractivity contribution in [2.45, 2.75) is 35.4 Å². The molecule has 98 valence electrons. The number of ether oxygens (including phenoxy) is 1. The summed E-state index contributed by atoms with van der Waals surface area (Å²) in [5.74, 6) is 0. The van der Waals surface area contributed by atoms with E-state index in [1.165, 1.54) is 0 Å². The lowest BCUT2D eigenvalue weighted by atomic mass is 9.88. The number of halogens is 1. The lowest BCUT2D eigenvalue weighted by Crippen LogP contribution is -2.35. The second kappa shape index (κ2) is 5.52. The van der Waals surface area contributed by atoms with Gasteiger partial charge in [0.2, 0.25) is 6.54 Å². The first-order chi connectivity index (χ1) is 8.54. The van der Waals surface area contributed by atoms with Crippen molar-refractivity contribution < 1.29 is 9.66 Å². The van der Waals surface area contributed by atoms with Gasteiger partial charge in [0.15, 0.2) is 0 Å². The zero-order chi connectivity index (χ0) is 13.2. The standard InChI is InChI=1S/C13H16INO3/c1-10(14)13(11-5-3-2-4-6-11)8-7-12(18-13)9-15(16)17/h2-6,10,12H,7-9H2,1H3. The Morgan fingerprint density at radius 3 is 2.78 bits per heavy atom. The molecule has 1 aromatic rings. The smallest absolute Gasteiger partial charge is 0.229 e. The normalized spacial score (nSPS) is 29.1. The van der Waals surface area contributed by atoms with Gasteiger partial charge in [-0.3, -0.25) is 10.1 Å². The van der Waals surface area contributed by atoms with Crippen LogP contribution in [0.3, 0.4) is 0 Å². The third kappa shape index (κ3) is 2.66. The van der Waals surface area contributed by atoms with Crippen molar-refractivity contribution in [1.82, 2.24) is 0 Å². The molecular formula is C13H16INO3. The van der Waals surface area contributed by atoms with Crippen LogP contribution in [0.4, 0.5) is 0 Å². The summed E-state index contributed by atoms with van der Waals surface area (Å²) < 4.78 is 6.33. The van der Waals surface area contributed by atoms with Gasteiger partial charge < -0.3 is 4.74 Å². The number of hydrogen-bond acceptors (Lipinski definition) is 3. The van der Waals surface area contributed by atoms with E-state index in [0.717, 1.165) is 18.4 Å². The van der Waals surface area contributed by atoms with E-state index in [2.05, 4.69) is 29.5 Å². The third-order valence-corrected chi connectivity index (χ3v) is 4.48. The van der Waals surface area contributed by atoms with Crippen molar-refractivity contribution >= 4 is 22.6 Å². The molecule has 0 aliphatic carbocycles. The van der Waals surface area contributed by atoms with Gasteiger partial charge in [0.1, 0.15) is 11.7 Å². The first-order valence-corrected chi connectivity index (χ1v) is 7.28. The average Bonchev–Trinajstić information content (AvgIpc) is 2.74. The monoisotopic (exact) mass is 361 g/mol. The Morgan fingerprint density at radius 1 is 1.56 bits per heavy atom. The van der Waals surface area contributed by atoms with Gasteiger partial charge >= 0.3 is 0 Å². The minimum Gasteiger partial charge on any atom is -0.359 e. The van der Waals surface area contributed by atoms with Gasteiger partial charge in [-0.25, -0.2) is 0 Å². The molecule has 0 bridgehead atoms. The van der Waals surface area contributed by atoms with Crippen LogP contribution in [0.1, 0.15) is 25.3 Å². The number of nitro groups is 1. The van der Waals surface area contributed by atoms with E-state index >= 15 is 0 Å². The van der Waals surface area contributed by atoms with Crippen molar-refractivity contribution in [2.24, 2.45) is 0 Å². The van der Waals surface area contributed by atoms with Crippen LogP contribution in [-0.2, 0) is 10.3 Å². The number of benzene rings is 1. The van der Waals surface area contributed by atoms with Gasteiger partial charge in [0.05, 0.1) is 0 Å². The molecule has 1 aliphatic heterocycles. The molecule has 3 atom stereocenters. The minimum atomic E-state index is -0.373. The van der Waals surface area contributed by atoms with E-state index in [1.807, 2.05) is 30.3 Å². The molecule has 5 heteroatoms. The fourth-order valence-electron chi connectivity index (χ4n) is 2.54. The van der Waals surface area contributed by atoms with E-state index in [9.17, 15) is 10.1 Å². The fourth-order valence-corrected chi connectivity index (χ4v) is 3.36. The van der Waals surface area contributed by atoms with Crippen molar-refractivity contribution in [3.8, 4) is 0 Å². The van der Waals surface area contributed by atoms with Gasteiger partial charge in [-0.1, -0.05) is 59.8 Å². The highest BCUT2D eigenvalue weighted by molar-refractivity contribution is 14.1. The summed E-state index contributed by atoms with van der Waals surface area (Å²) in [6, 6.07) is 10.0. The second-order valence-electron chi connectivity index (χ2n) is 4.67. The van der Waals surface area contributed by atoms with Gasteiger partial charge in [-0.15, -0.1) is 0 Å². The highest BCUT2D eigenvalue weighted by Gasteiger charge is 2.46. The number of nitrogens with zero attached hydrogens (tertiary/aromatic N) is 1. The predicted molar refractivity (Wildman–Crippen MR) is 77.6 cm³/mol. The molecule has 2 rings (SSSR count). The first kappa shape index (κ1) is 13.7. The molecule has 1 fully saturated rings. The summed E-state index contributed by atoms with van der Waals surface area (Å²) in [5.41, 5.74) is 0.750. The van der Waals surface area contributed by atoms with E-state index in [-0.39, 0.29) is 27.1 Å². The molecule has 0 saturated carbocycles. The molecule has 0 radical (unpaired) electrons. The van der Waals surface area contributed by atoms with Crippen molar-refractivity contribution in [1.29, 1.82) is 0 Å². The molecule has 0 N–H and O–H groups in total. The second-order valence-corrected chi connectivity index (χ2v) is 6.53. The van der Waals surface area contributed by atoms with E-state index in [1.54, 1.807) is 0 Å². The zero-order valence-corrected chi connectivity index (χ0v) is 12.4. The first-order valence-electron chi connectivity index (χ1n) is 6.04. The van der Waals surface area contributed by atoms with Crippen molar-refractivity contribution in [2.75, 3.05) is 6.54 Å². The van der Waals surface area contributed by atoms with Crippen LogP contribution in [0, 0.1) is 10.1 Å². The fraction of sp³-hybridized carbons (Fsp3) is 0.538. The Hall–Kier alpha value is -0.690. The molecule has 3 unspecified atom stereocenters. The topological polar surface area (TPSA) is 52.4 Å². The Morgan fingerprint density at radius 2 is 2.22 bits per heavy atom. The molecule has 1 heterocycles. The molecule has 0 aromatic heterocycles. The summed E-state index contributed by atoms with van der Waals surface area (Å²) in [6.45, 7) is 2.00. The van der Waals surface area contributed by atoms with E-state index in [4.69, 9.17) is 4.74 Å². The largest absolute Gasteiger partial charge is 0.359 e. The van der Waals surface area contributed by atoms with Gasteiger partial charge in [0, 0.05) is 8.85 Å². The molecular weight excluding hydrogens is 345 g/mol. The zero-order valence-electron chi connectivity index (χ0n) is 10.2. The van der Waals surface area contributed by atoms with E-state index in [0.29, 0.717) is 0 Å². The maximum Gasteiger partial charge on any atom is 0.229 e. The van der Waals surface area contributed by atoms with E-state index < -0.39 is 0 Å². The van der Waals surface area contributed by atoms with Crippen LogP contribution in [0.15, 0.2) is 30.3 Å². The Bertz CT molecular complexity index is 424. The van der Waals surface area contributed by atoms with Crippen LogP contribution in [0.25, 0.3) is 0 Å². The van der Waals surface area contributed by atoms with Crippen LogP contribution < -0.4 is 0 Å². The molecule has 0 spiro atoms. The summed E-state index contributed by atoms with van der Waals surface area (Å²) in [5, 5.41) is 10.6. The molecule has 18 heavy (non-hydrogen) atoms. The Labute approximate surface area is 120 Å². The molecule has 4 nitrogen and oxygen atoms in total. The van der Waals surface area contributed by atoms with Crippen LogP contribution in [-0.4, -0.2) is 21.5 Å². The SMILES string of the molecule is CC(I)C1(c2ccccc2)CCC(C[N+](=O)[O-])O1. The van der Waals surface area contributed by atoms with Crippen LogP contribution >= 0.6 is 22.6 Å². The van der Waals surface area contributed by atoms with Crippen molar-refractivity contribution in [3.05, 3.63) is 46.0 Å². The third-order valence-electron chi connectivity index (χ3n) is 3.47. The summed E-state index contributed by atoms with van der Waals surface area (Å²) in [4.78, 5) is 10.3. The molecule has 1 aliphatic rings. The summed E-state index contributed by atoms with van der Waals surface area (Å²) in [6.07, 6.45) is 1.33. The Kier molecular flexibility index (Phi) is 4.21. The van der Waals surface area contributed by atoms with Crippen LogP contribution in [0.2, 0.25) is 0 Å². The lowest BCUT2D eigenvalue weighted by molar-refractivity contribution is -0.491. The number of rotatable bonds is 4. The van der Waals surface area contributed by atoms with Gasteiger partial charge in [0.25, 0.3) is 0 Å². The maximum absolute atomic E-state index is 10.6. The summed E-state index contributed by atoms with van der Waals surface area (Å²) in [7, 11) is 0. The lowest BCUT2D eigenvalue weighted by Gasteiger charge is -2.32. The highest BCUT2D eigenvalue weighted by atomic mass is 127. The number of alkyl halides is 1. The number of hydrogen-bond donors (Lipinski definition) is 0. The molecule has 1 saturated heterocycles. The Balaban J connectivity index is 2.23. The summed E-state index contributed by atoms with van der Waals surface area (Å²) >= 11 is 2.35. The molecule has 1 aromatic carbocycles. The van der Waals surface area contributed by atoms with Gasteiger partial charge in [-0.05, 0) is 18.4 Å². The van der Waals surface area contributed by atoms with Gasteiger partial charge in [-0.2, -0.15) is 0 Å². The quantitative estimate of drug-likeness (QED) is 0.358. The predicted octanol–water partition coefficient (Wildman–Crippen LogP) is 3.16. The maximum atomic E-state index is 10.6. The average molecular weight is 361 g/mol. The highest BCUT2D eigenvalue weighted by Crippen LogP contribution is 2.44. The minimum absolute atomic E-state index is 0.0993.